The normalized spacial score (nSPS) is 13.4. The Hall–Kier alpha value is -1.19. The summed E-state index contributed by atoms with van der Waals surface area (Å²) in [5, 5.41) is 12.7. The van der Waals surface area contributed by atoms with E-state index in [-0.39, 0.29) is 5.69 Å². The highest BCUT2D eigenvalue weighted by molar-refractivity contribution is 7.09. The van der Waals surface area contributed by atoms with E-state index in [1.165, 1.54) is 16.7 Å². The first-order chi connectivity index (χ1) is 8.34. The van der Waals surface area contributed by atoms with Crippen molar-refractivity contribution < 1.29 is 23.1 Å². The second-order valence-electron chi connectivity index (χ2n) is 3.43. The maximum Gasteiger partial charge on any atom is 0.416 e. The third-order valence-electron chi connectivity index (χ3n) is 1.98. The molecule has 1 aromatic heterocycles. The van der Waals surface area contributed by atoms with Crippen molar-refractivity contribution >= 4 is 17.2 Å². The van der Waals surface area contributed by atoms with E-state index in [0.29, 0.717) is 18.0 Å². The summed E-state index contributed by atoms with van der Waals surface area (Å²) in [4.78, 5) is 15.3. The molecule has 1 amide bonds. The number of aliphatic hydroxyl groups is 1. The fraction of sp³-hybridized carbons (Fsp3) is 0.556. The highest BCUT2D eigenvalue weighted by Crippen LogP contribution is 2.19. The summed E-state index contributed by atoms with van der Waals surface area (Å²) in [6.07, 6.45) is -6.83. The van der Waals surface area contributed by atoms with Crippen molar-refractivity contribution in [1.29, 1.82) is 0 Å². The molecule has 0 aliphatic heterocycles. The van der Waals surface area contributed by atoms with Gasteiger partial charge in [-0.05, 0) is 6.54 Å². The summed E-state index contributed by atoms with van der Waals surface area (Å²) < 4.78 is 35.9. The van der Waals surface area contributed by atoms with Gasteiger partial charge >= 0.3 is 6.18 Å². The maximum absolute atomic E-state index is 12.0. The smallest absolute Gasteiger partial charge is 0.382 e. The molecule has 0 saturated carbocycles. The molecule has 102 valence electrons. The van der Waals surface area contributed by atoms with Crippen LogP contribution >= 0.6 is 11.3 Å². The van der Waals surface area contributed by atoms with Crippen LogP contribution in [0, 0.1) is 0 Å². The Bertz CT molecular complexity index is 408. The van der Waals surface area contributed by atoms with Gasteiger partial charge in [-0.2, -0.15) is 13.2 Å². The monoisotopic (exact) mass is 283 g/mol. The number of hydrogen-bond acceptors (Lipinski definition) is 5. The van der Waals surface area contributed by atoms with E-state index in [4.69, 9.17) is 10.8 Å². The van der Waals surface area contributed by atoms with Gasteiger partial charge in [-0.3, -0.25) is 4.79 Å². The van der Waals surface area contributed by atoms with Crippen molar-refractivity contribution in [3.63, 3.8) is 0 Å². The standard InChI is InChI=1S/C9H12F3N3O2S/c10-9(11,12)6(16)3-14-8(17)5-4-18-7(15-5)1-2-13/h4,6,16H,1-3,13H2,(H,14,17). The molecule has 1 unspecified atom stereocenters. The van der Waals surface area contributed by atoms with Crippen molar-refractivity contribution in [2.24, 2.45) is 5.73 Å². The van der Waals surface area contributed by atoms with Crippen LogP contribution in [0.15, 0.2) is 5.38 Å². The fourth-order valence-corrected chi connectivity index (χ4v) is 1.84. The largest absolute Gasteiger partial charge is 0.416 e. The first-order valence-corrected chi connectivity index (χ1v) is 5.90. The van der Waals surface area contributed by atoms with Crippen molar-refractivity contribution in [3.8, 4) is 0 Å². The topological polar surface area (TPSA) is 88.2 Å². The highest BCUT2D eigenvalue weighted by atomic mass is 32.1. The summed E-state index contributed by atoms with van der Waals surface area (Å²) >= 11 is 1.21. The number of rotatable bonds is 5. The molecule has 0 saturated heterocycles. The van der Waals surface area contributed by atoms with E-state index in [1.54, 1.807) is 0 Å². The molecule has 0 radical (unpaired) electrons. The zero-order chi connectivity index (χ0) is 13.8. The van der Waals surface area contributed by atoms with Crippen LogP contribution in [0.3, 0.4) is 0 Å². The zero-order valence-electron chi connectivity index (χ0n) is 9.20. The summed E-state index contributed by atoms with van der Waals surface area (Å²) in [5.41, 5.74) is 5.33. The van der Waals surface area contributed by atoms with Gasteiger partial charge in [-0.25, -0.2) is 4.98 Å². The molecule has 0 bridgehead atoms. The molecular weight excluding hydrogens is 271 g/mol. The van der Waals surface area contributed by atoms with Gasteiger partial charge < -0.3 is 16.2 Å². The number of carbonyl (C=O) groups is 1. The number of amides is 1. The number of nitrogens with two attached hydrogens (primary N) is 1. The van der Waals surface area contributed by atoms with Crippen LogP contribution in [-0.2, 0) is 6.42 Å². The third kappa shape index (κ3) is 4.24. The molecule has 0 aliphatic carbocycles. The van der Waals surface area contributed by atoms with Gasteiger partial charge in [-0.15, -0.1) is 11.3 Å². The van der Waals surface area contributed by atoms with Gasteiger partial charge in [-0.1, -0.05) is 0 Å². The Morgan fingerprint density at radius 1 is 1.61 bits per heavy atom. The van der Waals surface area contributed by atoms with Crippen LogP contribution in [0.5, 0.6) is 0 Å². The molecule has 1 atom stereocenters. The minimum atomic E-state index is -4.75. The van der Waals surface area contributed by atoms with Crippen LogP contribution in [-0.4, -0.2) is 41.4 Å². The van der Waals surface area contributed by atoms with Crippen molar-refractivity contribution in [2.75, 3.05) is 13.1 Å². The van der Waals surface area contributed by atoms with Gasteiger partial charge in [0.05, 0.1) is 11.6 Å². The number of halogens is 3. The lowest BCUT2D eigenvalue weighted by Crippen LogP contribution is -2.40. The fourth-order valence-electron chi connectivity index (χ4n) is 1.05. The molecule has 1 rings (SSSR count). The SMILES string of the molecule is NCCc1nc(C(=O)NCC(O)C(F)(F)F)cs1. The Morgan fingerprint density at radius 3 is 2.83 bits per heavy atom. The Labute approximate surface area is 105 Å². The van der Waals surface area contributed by atoms with Gasteiger partial charge in [0.1, 0.15) is 5.69 Å². The summed E-state index contributed by atoms with van der Waals surface area (Å²) in [5.74, 6) is -0.752. The molecule has 18 heavy (non-hydrogen) atoms. The van der Waals surface area contributed by atoms with Gasteiger partial charge in [0.25, 0.3) is 5.91 Å². The highest BCUT2D eigenvalue weighted by Gasteiger charge is 2.38. The first-order valence-electron chi connectivity index (χ1n) is 5.02. The number of thiazole rings is 1. The Kier molecular flexibility index (Phi) is 5.05. The van der Waals surface area contributed by atoms with Crippen LogP contribution < -0.4 is 11.1 Å². The van der Waals surface area contributed by atoms with Gasteiger partial charge in [0, 0.05) is 11.8 Å². The average molecular weight is 283 g/mol. The maximum atomic E-state index is 12.0. The number of aliphatic hydroxyl groups excluding tert-OH is 1. The number of alkyl halides is 3. The van der Waals surface area contributed by atoms with Crippen molar-refractivity contribution in [2.45, 2.75) is 18.7 Å². The lowest BCUT2D eigenvalue weighted by atomic mass is 10.3. The summed E-state index contributed by atoms with van der Waals surface area (Å²) in [7, 11) is 0. The molecule has 0 fully saturated rings. The summed E-state index contributed by atoms with van der Waals surface area (Å²) in [6.45, 7) is -0.520. The lowest BCUT2D eigenvalue weighted by Gasteiger charge is -2.14. The molecular formula is C9H12F3N3O2S. The number of hydrogen-bond donors (Lipinski definition) is 3. The average Bonchev–Trinajstić information content (AvgIpc) is 2.73. The van der Waals surface area contributed by atoms with E-state index >= 15 is 0 Å². The van der Waals surface area contributed by atoms with Gasteiger partial charge in [0.2, 0.25) is 0 Å². The molecule has 1 aromatic rings. The van der Waals surface area contributed by atoms with Crippen LogP contribution in [0.1, 0.15) is 15.5 Å². The number of nitrogens with zero attached hydrogens (tertiary/aromatic N) is 1. The molecule has 1 heterocycles. The van der Waals surface area contributed by atoms with E-state index in [9.17, 15) is 18.0 Å². The minimum Gasteiger partial charge on any atom is -0.382 e. The number of carbonyl (C=O) groups excluding carboxylic acids is 1. The lowest BCUT2D eigenvalue weighted by molar-refractivity contribution is -0.201. The van der Waals surface area contributed by atoms with Crippen molar-refractivity contribution in [1.82, 2.24) is 10.3 Å². The molecule has 0 aliphatic rings. The van der Waals surface area contributed by atoms with Crippen LogP contribution in [0.2, 0.25) is 0 Å². The molecule has 0 aromatic carbocycles. The predicted octanol–water partition coefficient (Wildman–Crippen LogP) is 0.297. The second-order valence-corrected chi connectivity index (χ2v) is 4.38. The molecule has 0 spiro atoms. The van der Waals surface area contributed by atoms with Crippen LogP contribution in [0.25, 0.3) is 0 Å². The van der Waals surface area contributed by atoms with E-state index in [1.807, 2.05) is 5.32 Å². The molecule has 4 N–H and O–H groups in total. The minimum absolute atomic E-state index is 0.0258. The van der Waals surface area contributed by atoms with Crippen molar-refractivity contribution in [3.05, 3.63) is 16.1 Å². The Morgan fingerprint density at radius 2 is 2.28 bits per heavy atom. The summed E-state index contributed by atoms with van der Waals surface area (Å²) in [6, 6.07) is 0. The van der Waals surface area contributed by atoms with E-state index in [0.717, 1.165) is 0 Å². The number of nitrogens with one attached hydrogen (secondary N) is 1. The zero-order valence-corrected chi connectivity index (χ0v) is 10.0. The third-order valence-corrected chi connectivity index (χ3v) is 2.88. The van der Waals surface area contributed by atoms with E-state index < -0.39 is 24.7 Å². The quantitative estimate of drug-likeness (QED) is 0.725. The number of aromatic nitrogens is 1. The molecule has 9 heteroatoms. The van der Waals surface area contributed by atoms with E-state index in [2.05, 4.69) is 4.98 Å². The van der Waals surface area contributed by atoms with Crippen LogP contribution in [0.4, 0.5) is 13.2 Å². The second kappa shape index (κ2) is 6.12. The molecule has 5 nitrogen and oxygen atoms in total. The first kappa shape index (κ1) is 14.9. The predicted molar refractivity (Wildman–Crippen MR) is 59.3 cm³/mol. The van der Waals surface area contributed by atoms with Gasteiger partial charge in [0.15, 0.2) is 6.10 Å². The Balaban J connectivity index is 2.50.